The van der Waals surface area contributed by atoms with Crippen LogP contribution in [0.5, 0.6) is 0 Å². The summed E-state index contributed by atoms with van der Waals surface area (Å²) >= 11 is 0. The molecule has 3 amide bonds. The number of rotatable bonds is 1. The summed E-state index contributed by atoms with van der Waals surface area (Å²) in [4.78, 5) is 36.3. The van der Waals surface area contributed by atoms with Crippen LogP contribution in [0.25, 0.3) is 0 Å². The molecule has 0 bridgehead atoms. The molecule has 23 heavy (non-hydrogen) atoms. The Morgan fingerprint density at radius 1 is 1.30 bits per heavy atom. The van der Waals surface area contributed by atoms with Crippen LogP contribution in [0.1, 0.15) is 42.6 Å². The number of nitrogens with zero attached hydrogens (tertiary/aromatic N) is 1. The number of nitrogens with one attached hydrogen (secondary N) is 1. The molecular weight excluding hydrogens is 305 g/mol. The third kappa shape index (κ3) is 2.65. The number of nitrogen functional groups attached to an aromatic ring is 1. The highest BCUT2D eigenvalue weighted by Gasteiger charge is 2.51. The van der Waals surface area contributed by atoms with E-state index >= 15 is 0 Å². The van der Waals surface area contributed by atoms with Gasteiger partial charge in [-0.1, -0.05) is 13.8 Å². The van der Waals surface area contributed by atoms with Crippen molar-refractivity contribution in [1.82, 2.24) is 10.2 Å². The minimum Gasteiger partial charge on any atom is -0.398 e. The average molecular weight is 323 g/mol. The Kier molecular flexibility index (Phi) is 4.37. The van der Waals surface area contributed by atoms with Gasteiger partial charge in [0, 0.05) is 29.7 Å². The minimum absolute atomic E-state index is 0.0191. The van der Waals surface area contributed by atoms with Gasteiger partial charge < -0.3 is 10.8 Å². The van der Waals surface area contributed by atoms with Crippen molar-refractivity contribution in [3.05, 3.63) is 29.1 Å². The Labute approximate surface area is 132 Å². The van der Waals surface area contributed by atoms with Crippen molar-refractivity contribution in [3.63, 3.8) is 0 Å². The standard InChI is InChI=1S/C13H12FN3O4.C2H6/c14-6-3-7-8(9(15)4-6)5-17(11(7)19)13(21)2-1-10(18)16-12(13)20;1-2/h3-4,21H,1-2,5,15H2,(H,16,18,20);1-2H3. The Morgan fingerprint density at radius 3 is 2.57 bits per heavy atom. The van der Waals surface area contributed by atoms with Gasteiger partial charge in [0.05, 0.1) is 6.54 Å². The molecule has 1 unspecified atom stereocenters. The lowest BCUT2D eigenvalue weighted by Crippen LogP contribution is -2.63. The molecule has 2 aliphatic heterocycles. The maximum absolute atomic E-state index is 13.4. The fourth-order valence-corrected chi connectivity index (χ4v) is 2.65. The topological polar surface area (TPSA) is 113 Å². The second-order valence-corrected chi connectivity index (χ2v) is 5.11. The first kappa shape index (κ1) is 16.9. The Hall–Kier alpha value is -2.48. The van der Waals surface area contributed by atoms with Gasteiger partial charge >= 0.3 is 0 Å². The van der Waals surface area contributed by atoms with E-state index in [4.69, 9.17) is 5.73 Å². The summed E-state index contributed by atoms with van der Waals surface area (Å²) in [7, 11) is 0. The average Bonchev–Trinajstić information content (AvgIpc) is 2.84. The highest BCUT2D eigenvalue weighted by atomic mass is 19.1. The zero-order chi connectivity index (χ0) is 17.4. The third-order valence-electron chi connectivity index (χ3n) is 3.80. The number of nitrogens with two attached hydrogens (primary N) is 1. The number of anilines is 1. The van der Waals surface area contributed by atoms with Crippen LogP contribution in [0.2, 0.25) is 0 Å². The van der Waals surface area contributed by atoms with E-state index in [-0.39, 0.29) is 30.6 Å². The van der Waals surface area contributed by atoms with E-state index in [1.165, 1.54) is 0 Å². The fraction of sp³-hybridized carbons (Fsp3) is 0.400. The molecule has 124 valence electrons. The fourth-order valence-electron chi connectivity index (χ4n) is 2.65. The highest BCUT2D eigenvalue weighted by molar-refractivity contribution is 6.07. The maximum Gasteiger partial charge on any atom is 0.279 e. The second kappa shape index (κ2) is 5.96. The SMILES string of the molecule is CC.Nc1cc(F)cc2c1CN(C1(O)CCC(=O)NC1=O)C2=O. The van der Waals surface area contributed by atoms with E-state index in [9.17, 15) is 23.9 Å². The predicted octanol–water partition coefficient (Wildman–Crippen LogP) is 0.515. The second-order valence-electron chi connectivity index (χ2n) is 5.11. The summed E-state index contributed by atoms with van der Waals surface area (Å²) in [5.41, 5.74) is 4.00. The molecule has 1 fully saturated rings. The molecule has 0 aromatic heterocycles. The summed E-state index contributed by atoms with van der Waals surface area (Å²) in [6, 6.07) is 2.09. The van der Waals surface area contributed by atoms with Crippen molar-refractivity contribution < 1.29 is 23.9 Å². The van der Waals surface area contributed by atoms with Crippen LogP contribution < -0.4 is 11.1 Å². The number of hydrogen-bond donors (Lipinski definition) is 3. The van der Waals surface area contributed by atoms with Gasteiger partial charge in [-0.15, -0.1) is 0 Å². The lowest BCUT2D eigenvalue weighted by molar-refractivity contribution is -0.167. The maximum atomic E-state index is 13.4. The first-order valence-electron chi connectivity index (χ1n) is 7.29. The van der Waals surface area contributed by atoms with Gasteiger partial charge in [0.25, 0.3) is 11.8 Å². The molecule has 0 aliphatic carbocycles. The Balaban J connectivity index is 0.000000924. The number of amides is 3. The Morgan fingerprint density at radius 2 is 1.96 bits per heavy atom. The monoisotopic (exact) mass is 323 g/mol. The number of carbonyl (C=O) groups is 3. The normalized spacial score (nSPS) is 23.1. The molecule has 1 aromatic carbocycles. The first-order valence-corrected chi connectivity index (χ1v) is 7.29. The van der Waals surface area contributed by atoms with Crippen LogP contribution in [0.15, 0.2) is 12.1 Å². The van der Waals surface area contributed by atoms with E-state index < -0.39 is 29.3 Å². The third-order valence-corrected chi connectivity index (χ3v) is 3.80. The largest absolute Gasteiger partial charge is 0.398 e. The number of halogens is 1. The molecule has 0 saturated carbocycles. The molecule has 1 atom stereocenters. The molecule has 0 radical (unpaired) electrons. The van der Waals surface area contributed by atoms with Crippen molar-refractivity contribution >= 4 is 23.4 Å². The molecule has 0 spiro atoms. The molecule has 2 aliphatic rings. The highest BCUT2D eigenvalue weighted by Crippen LogP contribution is 2.35. The van der Waals surface area contributed by atoms with Gasteiger partial charge in [-0.2, -0.15) is 0 Å². The van der Waals surface area contributed by atoms with Crippen LogP contribution >= 0.6 is 0 Å². The molecule has 2 heterocycles. The number of fused-ring (bicyclic) bond motifs is 1. The number of hydrogen-bond acceptors (Lipinski definition) is 5. The van der Waals surface area contributed by atoms with E-state index in [2.05, 4.69) is 0 Å². The van der Waals surface area contributed by atoms with Crippen LogP contribution in [-0.4, -0.2) is 33.5 Å². The van der Waals surface area contributed by atoms with Crippen LogP contribution in [-0.2, 0) is 16.1 Å². The first-order chi connectivity index (χ1) is 10.8. The summed E-state index contributed by atoms with van der Waals surface area (Å²) in [6.07, 6.45) is -0.300. The minimum atomic E-state index is -2.13. The number of aliphatic hydroxyl groups is 1. The zero-order valence-electron chi connectivity index (χ0n) is 12.9. The van der Waals surface area contributed by atoms with Gasteiger partial charge in [0.1, 0.15) is 5.82 Å². The van der Waals surface area contributed by atoms with Gasteiger partial charge in [-0.25, -0.2) is 4.39 Å². The van der Waals surface area contributed by atoms with Crippen molar-refractivity contribution in [2.45, 2.75) is 39.0 Å². The quantitative estimate of drug-likeness (QED) is 0.515. The van der Waals surface area contributed by atoms with E-state index in [0.717, 1.165) is 17.0 Å². The van der Waals surface area contributed by atoms with Crippen molar-refractivity contribution in [2.24, 2.45) is 0 Å². The van der Waals surface area contributed by atoms with Gasteiger partial charge in [0.2, 0.25) is 11.6 Å². The summed E-state index contributed by atoms with van der Waals surface area (Å²) in [5, 5.41) is 12.5. The van der Waals surface area contributed by atoms with Crippen molar-refractivity contribution in [1.29, 1.82) is 0 Å². The molecular formula is C15H18FN3O4. The predicted molar refractivity (Wildman–Crippen MR) is 79.4 cm³/mol. The zero-order valence-corrected chi connectivity index (χ0v) is 12.9. The van der Waals surface area contributed by atoms with E-state index in [1.807, 2.05) is 19.2 Å². The number of benzene rings is 1. The lowest BCUT2D eigenvalue weighted by atomic mass is 10.00. The Bertz CT molecular complexity index is 692. The molecule has 8 heteroatoms. The molecule has 7 nitrogen and oxygen atoms in total. The molecule has 3 rings (SSSR count). The van der Waals surface area contributed by atoms with E-state index in [0.29, 0.717) is 5.56 Å². The smallest absolute Gasteiger partial charge is 0.279 e. The number of imide groups is 1. The van der Waals surface area contributed by atoms with Gasteiger partial charge in [-0.3, -0.25) is 24.6 Å². The van der Waals surface area contributed by atoms with Gasteiger partial charge in [-0.05, 0) is 12.1 Å². The summed E-state index contributed by atoms with van der Waals surface area (Å²) in [6.45, 7) is 3.89. The summed E-state index contributed by atoms with van der Waals surface area (Å²) < 4.78 is 13.4. The van der Waals surface area contributed by atoms with Crippen LogP contribution in [0.3, 0.4) is 0 Å². The number of piperidine rings is 1. The van der Waals surface area contributed by atoms with Crippen molar-refractivity contribution in [2.75, 3.05) is 5.73 Å². The molecule has 4 N–H and O–H groups in total. The summed E-state index contributed by atoms with van der Waals surface area (Å²) in [5.74, 6) is -2.83. The van der Waals surface area contributed by atoms with Crippen LogP contribution in [0, 0.1) is 5.82 Å². The molecule has 1 saturated heterocycles. The molecule has 1 aromatic rings. The van der Waals surface area contributed by atoms with Crippen LogP contribution in [0.4, 0.5) is 10.1 Å². The van der Waals surface area contributed by atoms with E-state index in [1.54, 1.807) is 0 Å². The lowest BCUT2D eigenvalue weighted by Gasteiger charge is -2.37. The van der Waals surface area contributed by atoms with Crippen molar-refractivity contribution in [3.8, 4) is 0 Å². The van der Waals surface area contributed by atoms with Gasteiger partial charge in [0.15, 0.2) is 0 Å². The number of carbonyl (C=O) groups excluding carboxylic acids is 3.